The Morgan fingerprint density at radius 1 is 1.29 bits per heavy atom. The highest BCUT2D eigenvalue weighted by molar-refractivity contribution is 5.89. The van der Waals surface area contributed by atoms with Crippen LogP contribution in [0.5, 0.6) is 0 Å². The SMILES string of the molecule is O=C(Cc1c[nH]c2ccccc12)N1CC(n2cccn2)C1. The van der Waals surface area contributed by atoms with Gasteiger partial charge in [0.2, 0.25) is 5.91 Å². The number of nitrogens with one attached hydrogen (secondary N) is 1. The molecule has 3 heterocycles. The van der Waals surface area contributed by atoms with Crippen LogP contribution in [-0.2, 0) is 11.2 Å². The number of hydrogen-bond donors (Lipinski definition) is 1. The zero-order chi connectivity index (χ0) is 14.2. The molecule has 1 saturated heterocycles. The topological polar surface area (TPSA) is 53.9 Å². The van der Waals surface area contributed by atoms with Gasteiger partial charge in [0.1, 0.15) is 0 Å². The molecule has 1 aliphatic heterocycles. The molecule has 0 spiro atoms. The molecular formula is C16H16N4O. The van der Waals surface area contributed by atoms with Crippen molar-refractivity contribution in [3.05, 3.63) is 54.5 Å². The molecule has 2 aromatic heterocycles. The summed E-state index contributed by atoms with van der Waals surface area (Å²) in [5.74, 6) is 0.183. The molecule has 3 aromatic rings. The number of carbonyl (C=O) groups is 1. The van der Waals surface area contributed by atoms with Gasteiger partial charge in [-0.05, 0) is 17.7 Å². The number of amides is 1. The fraction of sp³-hybridized carbons (Fsp3) is 0.250. The lowest BCUT2D eigenvalue weighted by molar-refractivity contribution is -0.136. The number of rotatable bonds is 3. The lowest BCUT2D eigenvalue weighted by Crippen LogP contribution is -2.51. The highest BCUT2D eigenvalue weighted by atomic mass is 16.2. The first-order valence-electron chi connectivity index (χ1n) is 7.13. The van der Waals surface area contributed by atoms with Crippen LogP contribution in [0, 0.1) is 0 Å². The van der Waals surface area contributed by atoms with Gasteiger partial charge in [-0.3, -0.25) is 9.48 Å². The fourth-order valence-corrected chi connectivity index (χ4v) is 2.88. The van der Waals surface area contributed by atoms with Gasteiger partial charge in [-0.15, -0.1) is 0 Å². The maximum absolute atomic E-state index is 12.3. The maximum Gasteiger partial charge on any atom is 0.227 e. The van der Waals surface area contributed by atoms with Gasteiger partial charge in [-0.1, -0.05) is 18.2 Å². The van der Waals surface area contributed by atoms with Crippen LogP contribution in [0.3, 0.4) is 0 Å². The van der Waals surface area contributed by atoms with Gasteiger partial charge >= 0.3 is 0 Å². The Balaban J connectivity index is 1.43. The molecule has 5 nitrogen and oxygen atoms in total. The van der Waals surface area contributed by atoms with Crippen LogP contribution in [0.25, 0.3) is 10.9 Å². The van der Waals surface area contributed by atoms with Crippen LogP contribution < -0.4 is 0 Å². The molecule has 0 aliphatic carbocycles. The van der Waals surface area contributed by atoms with E-state index >= 15 is 0 Å². The minimum atomic E-state index is 0.183. The maximum atomic E-state index is 12.3. The molecule has 1 amide bonds. The molecule has 1 aliphatic rings. The van der Waals surface area contributed by atoms with Crippen LogP contribution in [0.4, 0.5) is 0 Å². The summed E-state index contributed by atoms with van der Waals surface area (Å²) < 4.78 is 1.93. The van der Waals surface area contributed by atoms with Crippen LogP contribution in [-0.4, -0.2) is 38.7 Å². The van der Waals surface area contributed by atoms with Crippen molar-refractivity contribution < 1.29 is 4.79 Å². The third-order valence-electron chi connectivity index (χ3n) is 4.13. The van der Waals surface area contributed by atoms with Crippen LogP contribution in [0.15, 0.2) is 48.9 Å². The first-order valence-corrected chi connectivity index (χ1v) is 7.13. The molecule has 0 atom stereocenters. The molecule has 1 N–H and O–H groups in total. The van der Waals surface area contributed by atoms with E-state index < -0.39 is 0 Å². The summed E-state index contributed by atoms with van der Waals surface area (Å²) in [6.07, 6.45) is 6.12. The lowest BCUT2D eigenvalue weighted by atomic mass is 10.1. The third-order valence-corrected chi connectivity index (χ3v) is 4.13. The van der Waals surface area contributed by atoms with Gasteiger partial charge in [-0.2, -0.15) is 5.10 Å². The van der Waals surface area contributed by atoms with Crippen molar-refractivity contribution in [1.82, 2.24) is 19.7 Å². The fourth-order valence-electron chi connectivity index (χ4n) is 2.88. The predicted molar refractivity (Wildman–Crippen MR) is 79.8 cm³/mol. The van der Waals surface area contributed by atoms with Crippen molar-refractivity contribution in [1.29, 1.82) is 0 Å². The van der Waals surface area contributed by atoms with Gasteiger partial charge < -0.3 is 9.88 Å². The summed E-state index contributed by atoms with van der Waals surface area (Å²) in [6.45, 7) is 1.51. The van der Waals surface area contributed by atoms with E-state index in [4.69, 9.17) is 0 Å². The van der Waals surface area contributed by atoms with Crippen molar-refractivity contribution in [2.45, 2.75) is 12.5 Å². The Hall–Kier alpha value is -2.56. The highest BCUT2D eigenvalue weighted by Gasteiger charge is 2.32. The number of nitrogens with zero attached hydrogens (tertiary/aromatic N) is 3. The summed E-state index contributed by atoms with van der Waals surface area (Å²) in [4.78, 5) is 17.4. The van der Waals surface area contributed by atoms with Crippen molar-refractivity contribution in [2.24, 2.45) is 0 Å². The lowest BCUT2D eigenvalue weighted by Gasteiger charge is -2.39. The molecule has 106 valence electrons. The summed E-state index contributed by atoms with van der Waals surface area (Å²) in [5.41, 5.74) is 2.15. The molecular weight excluding hydrogens is 264 g/mol. The zero-order valence-corrected chi connectivity index (χ0v) is 11.6. The summed E-state index contributed by atoms with van der Waals surface area (Å²) in [5, 5.41) is 5.36. The Morgan fingerprint density at radius 3 is 2.95 bits per heavy atom. The minimum absolute atomic E-state index is 0.183. The summed E-state index contributed by atoms with van der Waals surface area (Å²) >= 11 is 0. The third kappa shape index (κ3) is 2.11. The van der Waals surface area contributed by atoms with Crippen molar-refractivity contribution in [3.8, 4) is 0 Å². The normalized spacial score (nSPS) is 15.3. The number of para-hydroxylation sites is 1. The molecule has 0 unspecified atom stereocenters. The molecule has 5 heteroatoms. The van der Waals surface area contributed by atoms with Gasteiger partial charge in [0, 0.05) is 42.6 Å². The van der Waals surface area contributed by atoms with E-state index in [2.05, 4.69) is 16.1 Å². The number of benzene rings is 1. The smallest absolute Gasteiger partial charge is 0.227 e. The van der Waals surface area contributed by atoms with E-state index in [1.807, 2.05) is 46.2 Å². The van der Waals surface area contributed by atoms with E-state index in [0.717, 1.165) is 29.6 Å². The van der Waals surface area contributed by atoms with E-state index in [1.54, 1.807) is 6.20 Å². The monoisotopic (exact) mass is 280 g/mol. The quantitative estimate of drug-likeness (QED) is 0.797. The Kier molecular flexibility index (Phi) is 2.77. The molecule has 21 heavy (non-hydrogen) atoms. The molecule has 0 bridgehead atoms. The number of aromatic amines is 1. The van der Waals surface area contributed by atoms with Crippen LogP contribution in [0.2, 0.25) is 0 Å². The average molecular weight is 280 g/mol. The molecule has 1 aromatic carbocycles. The molecule has 4 rings (SSSR count). The number of fused-ring (bicyclic) bond motifs is 1. The number of carbonyl (C=O) groups excluding carboxylic acids is 1. The van der Waals surface area contributed by atoms with E-state index in [0.29, 0.717) is 12.5 Å². The average Bonchev–Trinajstić information content (AvgIpc) is 3.08. The minimum Gasteiger partial charge on any atom is -0.361 e. The van der Waals surface area contributed by atoms with Crippen LogP contribution >= 0.6 is 0 Å². The van der Waals surface area contributed by atoms with E-state index in [-0.39, 0.29) is 5.91 Å². The second-order valence-corrected chi connectivity index (χ2v) is 5.47. The number of likely N-dealkylation sites (tertiary alicyclic amines) is 1. The van der Waals surface area contributed by atoms with Gasteiger partial charge in [0.25, 0.3) is 0 Å². The Labute approximate surface area is 122 Å². The van der Waals surface area contributed by atoms with Crippen molar-refractivity contribution in [3.63, 3.8) is 0 Å². The number of hydrogen-bond acceptors (Lipinski definition) is 2. The standard InChI is InChI=1S/C16H16N4O/c21-16(19-10-13(11-19)20-7-3-6-18-20)8-12-9-17-15-5-2-1-4-14(12)15/h1-7,9,13,17H,8,10-11H2. The Bertz CT molecular complexity index is 769. The largest absolute Gasteiger partial charge is 0.361 e. The van der Waals surface area contributed by atoms with E-state index in [9.17, 15) is 4.79 Å². The van der Waals surface area contributed by atoms with Gasteiger partial charge in [0.05, 0.1) is 12.5 Å². The zero-order valence-electron chi connectivity index (χ0n) is 11.6. The van der Waals surface area contributed by atoms with Crippen molar-refractivity contribution >= 4 is 16.8 Å². The highest BCUT2D eigenvalue weighted by Crippen LogP contribution is 2.23. The summed E-state index contributed by atoms with van der Waals surface area (Å²) in [6, 6.07) is 10.3. The first-order chi connectivity index (χ1) is 10.3. The number of H-pyrrole nitrogens is 1. The molecule has 1 fully saturated rings. The molecule has 0 saturated carbocycles. The Morgan fingerprint density at radius 2 is 2.14 bits per heavy atom. The second kappa shape index (κ2) is 4.77. The second-order valence-electron chi connectivity index (χ2n) is 5.47. The van der Waals surface area contributed by atoms with Gasteiger partial charge in [-0.25, -0.2) is 0 Å². The first kappa shape index (κ1) is 12.2. The predicted octanol–water partition coefficient (Wildman–Crippen LogP) is 1.99. The van der Waals surface area contributed by atoms with E-state index in [1.165, 1.54) is 0 Å². The van der Waals surface area contributed by atoms with Crippen LogP contribution in [0.1, 0.15) is 11.6 Å². The number of aromatic nitrogens is 3. The van der Waals surface area contributed by atoms with Gasteiger partial charge in [0.15, 0.2) is 0 Å². The molecule has 0 radical (unpaired) electrons. The van der Waals surface area contributed by atoms with Crippen molar-refractivity contribution in [2.75, 3.05) is 13.1 Å². The summed E-state index contributed by atoms with van der Waals surface area (Å²) in [7, 11) is 0.